The molecule has 33 heavy (non-hydrogen) atoms. The van der Waals surface area contributed by atoms with Crippen molar-refractivity contribution in [3.8, 4) is 0 Å². The molecule has 6 nitrogen and oxygen atoms in total. The zero-order valence-corrected chi connectivity index (χ0v) is 19.0. The number of carbonyl (C=O) groups is 1. The van der Waals surface area contributed by atoms with E-state index in [0.29, 0.717) is 25.4 Å². The van der Waals surface area contributed by atoms with Gasteiger partial charge >= 0.3 is 0 Å². The molecule has 2 atom stereocenters. The maximum atomic E-state index is 13.1. The highest BCUT2D eigenvalue weighted by Crippen LogP contribution is 2.26. The Morgan fingerprint density at radius 1 is 1.18 bits per heavy atom. The average Bonchev–Trinajstić information content (AvgIpc) is 3.27. The monoisotopic (exact) mass is 450 g/mol. The van der Waals surface area contributed by atoms with Gasteiger partial charge < -0.3 is 20.1 Å². The predicted molar refractivity (Wildman–Crippen MR) is 126 cm³/mol. The Kier molecular flexibility index (Phi) is 7.73. The second kappa shape index (κ2) is 11.1. The van der Waals surface area contributed by atoms with Gasteiger partial charge in [0, 0.05) is 31.8 Å². The van der Waals surface area contributed by atoms with Crippen LogP contribution in [0.2, 0.25) is 0 Å². The molecular formula is C26H31FN4O2. The van der Waals surface area contributed by atoms with Gasteiger partial charge in [-0.15, -0.1) is 0 Å². The lowest BCUT2D eigenvalue weighted by Crippen LogP contribution is -2.40. The molecule has 2 N–H and O–H groups in total. The molecule has 1 aliphatic heterocycles. The number of benzene rings is 2. The van der Waals surface area contributed by atoms with E-state index < -0.39 is 0 Å². The molecule has 0 radical (unpaired) electrons. The number of hydrogen-bond acceptors (Lipinski definition) is 5. The lowest BCUT2D eigenvalue weighted by atomic mass is 9.81. The maximum absolute atomic E-state index is 13.1. The minimum Gasteiger partial charge on any atom is -0.367 e. The van der Waals surface area contributed by atoms with Gasteiger partial charge in [-0.1, -0.05) is 35.5 Å². The molecule has 1 fully saturated rings. The Labute approximate surface area is 194 Å². The Morgan fingerprint density at radius 3 is 2.76 bits per heavy atom. The number of anilines is 1. The first-order valence-electron chi connectivity index (χ1n) is 11.5. The fraction of sp³-hybridized carbons (Fsp3) is 0.385. The fourth-order valence-electron chi connectivity index (χ4n) is 4.40. The zero-order valence-electron chi connectivity index (χ0n) is 19.0. The molecule has 1 aliphatic rings. The quantitative estimate of drug-likeness (QED) is 0.517. The van der Waals surface area contributed by atoms with Crippen LogP contribution in [0.25, 0.3) is 0 Å². The SMILES string of the molecule is CN(Cc1cc(CC2CNCCC2CC(=O)NCc2ccc(F)cc2)no1)c1ccccc1. The lowest BCUT2D eigenvalue weighted by Gasteiger charge is -2.31. The van der Waals surface area contributed by atoms with Crippen molar-refractivity contribution in [3.63, 3.8) is 0 Å². The Balaban J connectivity index is 1.29. The summed E-state index contributed by atoms with van der Waals surface area (Å²) in [5.41, 5.74) is 2.94. The van der Waals surface area contributed by atoms with Gasteiger partial charge in [0.2, 0.25) is 5.91 Å². The molecule has 2 aromatic carbocycles. The highest BCUT2D eigenvalue weighted by molar-refractivity contribution is 5.76. The molecule has 7 heteroatoms. The third kappa shape index (κ3) is 6.65. The predicted octanol–water partition coefficient (Wildman–Crippen LogP) is 3.92. The second-order valence-corrected chi connectivity index (χ2v) is 8.80. The molecule has 1 saturated heterocycles. The van der Waals surface area contributed by atoms with Gasteiger partial charge in [0.15, 0.2) is 5.76 Å². The molecule has 4 rings (SSSR count). The Morgan fingerprint density at radius 2 is 1.97 bits per heavy atom. The fourth-order valence-corrected chi connectivity index (χ4v) is 4.40. The van der Waals surface area contributed by atoms with E-state index in [9.17, 15) is 9.18 Å². The first-order chi connectivity index (χ1) is 16.1. The number of nitrogens with one attached hydrogen (secondary N) is 2. The summed E-state index contributed by atoms with van der Waals surface area (Å²) in [5, 5.41) is 10.7. The van der Waals surface area contributed by atoms with E-state index in [-0.39, 0.29) is 17.6 Å². The number of halogens is 1. The van der Waals surface area contributed by atoms with Crippen LogP contribution in [0.4, 0.5) is 10.1 Å². The number of hydrogen-bond donors (Lipinski definition) is 2. The molecule has 0 spiro atoms. The molecule has 1 aromatic heterocycles. The first kappa shape index (κ1) is 23.0. The van der Waals surface area contributed by atoms with Crippen molar-refractivity contribution in [2.45, 2.75) is 32.4 Å². The van der Waals surface area contributed by atoms with E-state index in [2.05, 4.69) is 32.8 Å². The Hall–Kier alpha value is -3.19. The molecule has 3 aromatic rings. The number of aromatic nitrogens is 1. The van der Waals surface area contributed by atoms with Gasteiger partial charge in [-0.25, -0.2) is 4.39 Å². The molecule has 174 valence electrons. The molecule has 1 amide bonds. The Bertz CT molecular complexity index is 1020. The van der Waals surface area contributed by atoms with Crippen LogP contribution in [0.5, 0.6) is 0 Å². The van der Waals surface area contributed by atoms with Crippen LogP contribution in [0.1, 0.15) is 29.9 Å². The van der Waals surface area contributed by atoms with Crippen LogP contribution in [0.3, 0.4) is 0 Å². The van der Waals surface area contributed by atoms with E-state index in [0.717, 1.165) is 48.6 Å². The van der Waals surface area contributed by atoms with E-state index in [1.54, 1.807) is 12.1 Å². The minimum atomic E-state index is -0.273. The third-order valence-corrected chi connectivity index (χ3v) is 6.28. The summed E-state index contributed by atoms with van der Waals surface area (Å²) in [4.78, 5) is 14.7. The van der Waals surface area contributed by atoms with Crippen LogP contribution in [0.15, 0.2) is 65.2 Å². The molecule has 0 saturated carbocycles. The van der Waals surface area contributed by atoms with E-state index >= 15 is 0 Å². The smallest absolute Gasteiger partial charge is 0.220 e. The summed E-state index contributed by atoms with van der Waals surface area (Å²) < 4.78 is 18.6. The number of piperidine rings is 1. The summed E-state index contributed by atoms with van der Waals surface area (Å²) in [5.74, 6) is 1.19. The highest BCUT2D eigenvalue weighted by Gasteiger charge is 2.28. The zero-order chi connectivity index (χ0) is 23.0. The van der Waals surface area contributed by atoms with Gasteiger partial charge in [0.25, 0.3) is 0 Å². The van der Waals surface area contributed by atoms with Crippen molar-refractivity contribution in [2.75, 3.05) is 25.0 Å². The molecule has 0 aliphatic carbocycles. The van der Waals surface area contributed by atoms with Crippen LogP contribution in [-0.2, 0) is 24.3 Å². The van der Waals surface area contributed by atoms with Crippen molar-refractivity contribution >= 4 is 11.6 Å². The number of rotatable bonds is 9. The summed E-state index contributed by atoms with van der Waals surface area (Å²) in [6.07, 6.45) is 2.21. The van der Waals surface area contributed by atoms with E-state index in [1.165, 1.54) is 12.1 Å². The van der Waals surface area contributed by atoms with Gasteiger partial charge in [0.05, 0.1) is 12.2 Å². The standard InChI is InChI=1S/C26H31FN4O2/c1-31(24-5-3-2-4-6-24)18-25-15-23(30-33-25)13-21-17-28-12-11-20(21)14-26(32)29-16-19-7-9-22(27)10-8-19/h2-10,15,20-21,28H,11-14,16-18H2,1H3,(H,29,32). The number of amides is 1. The van der Waals surface area contributed by atoms with Crippen molar-refractivity contribution < 1.29 is 13.7 Å². The summed E-state index contributed by atoms with van der Waals surface area (Å²) in [6.45, 7) is 2.84. The van der Waals surface area contributed by atoms with Crippen molar-refractivity contribution in [2.24, 2.45) is 11.8 Å². The average molecular weight is 451 g/mol. The maximum Gasteiger partial charge on any atom is 0.220 e. The van der Waals surface area contributed by atoms with Gasteiger partial charge in [-0.05, 0) is 67.6 Å². The second-order valence-electron chi connectivity index (χ2n) is 8.80. The highest BCUT2D eigenvalue weighted by atomic mass is 19.1. The number of nitrogens with zero attached hydrogens (tertiary/aromatic N) is 2. The molecular weight excluding hydrogens is 419 g/mol. The third-order valence-electron chi connectivity index (χ3n) is 6.28. The largest absolute Gasteiger partial charge is 0.367 e. The van der Waals surface area contributed by atoms with Crippen molar-refractivity contribution in [3.05, 3.63) is 83.5 Å². The van der Waals surface area contributed by atoms with E-state index in [1.807, 2.05) is 31.3 Å². The minimum absolute atomic E-state index is 0.0292. The van der Waals surface area contributed by atoms with Gasteiger partial charge in [-0.2, -0.15) is 0 Å². The topological polar surface area (TPSA) is 70.4 Å². The molecule has 2 unspecified atom stereocenters. The molecule has 0 bridgehead atoms. The van der Waals surface area contributed by atoms with Crippen molar-refractivity contribution in [1.82, 2.24) is 15.8 Å². The van der Waals surface area contributed by atoms with Crippen LogP contribution in [0, 0.1) is 17.7 Å². The molecule has 2 heterocycles. The first-order valence-corrected chi connectivity index (χ1v) is 11.5. The van der Waals surface area contributed by atoms with Gasteiger partial charge in [0.1, 0.15) is 5.82 Å². The van der Waals surface area contributed by atoms with Crippen LogP contribution in [-0.4, -0.2) is 31.2 Å². The van der Waals surface area contributed by atoms with E-state index in [4.69, 9.17) is 4.52 Å². The summed E-state index contributed by atoms with van der Waals surface area (Å²) in [7, 11) is 2.03. The number of carbonyl (C=O) groups excluding carboxylic acids is 1. The van der Waals surface area contributed by atoms with Gasteiger partial charge in [-0.3, -0.25) is 4.79 Å². The summed E-state index contributed by atoms with van der Waals surface area (Å²) in [6, 6.07) is 18.4. The van der Waals surface area contributed by atoms with Crippen LogP contribution >= 0.6 is 0 Å². The van der Waals surface area contributed by atoms with Crippen LogP contribution < -0.4 is 15.5 Å². The van der Waals surface area contributed by atoms with Crippen molar-refractivity contribution in [1.29, 1.82) is 0 Å². The number of para-hydroxylation sites is 1. The normalized spacial score (nSPS) is 18.1. The summed E-state index contributed by atoms with van der Waals surface area (Å²) >= 11 is 0. The lowest BCUT2D eigenvalue weighted by molar-refractivity contribution is -0.122.